The summed E-state index contributed by atoms with van der Waals surface area (Å²) in [5.41, 5.74) is 3.34. The monoisotopic (exact) mass is 429 g/mol. The van der Waals surface area contributed by atoms with Crippen molar-refractivity contribution in [1.29, 1.82) is 0 Å². The van der Waals surface area contributed by atoms with E-state index in [1.165, 1.54) is 8.52 Å². The molecule has 0 spiro atoms. The van der Waals surface area contributed by atoms with Gasteiger partial charge in [-0.1, -0.05) is 0 Å². The van der Waals surface area contributed by atoms with Crippen LogP contribution in [0.4, 0.5) is 0 Å². The number of benzene rings is 2. The van der Waals surface area contributed by atoms with Gasteiger partial charge in [0.2, 0.25) is 0 Å². The third-order valence-corrected chi connectivity index (χ3v) is 7.09. The predicted octanol–water partition coefficient (Wildman–Crippen LogP) is 3.90. The average molecular weight is 428 g/mol. The minimum absolute atomic E-state index is 0.0954. The molecule has 6 heteroatoms. The van der Waals surface area contributed by atoms with Crippen LogP contribution in [0.25, 0.3) is 30.3 Å². The molecule has 0 aliphatic rings. The maximum atomic E-state index is 12.1. The Bertz CT molecular complexity index is 1200. The molecule has 0 amide bonds. The Morgan fingerprint density at radius 1 is 0.926 bits per heavy atom. The molecule has 2 heterocycles. The second-order valence-corrected chi connectivity index (χ2v) is 8.43. The first kappa shape index (κ1) is 17.8. The molecule has 5 nitrogen and oxygen atoms in total. The van der Waals surface area contributed by atoms with E-state index in [1.807, 2.05) is 50.4 Å². The quantitative estimate of drug-likeness (QED) is 0.366. The van der Waals surface area contributed by atoms with E-state index >= 15 is 0 Å². The number of rotatable bonds is 4. The number of carbonyl (C=O) groups excluding carboxylic acids is 2. The molecule has 0 N–H and O–H groups in total. The zero-order valence-corrected chi connectivity index (χ0v) is 17.1. The van der Waals surface area contributed by atoms with Crippen LogP contribution in [-0.4, -0.2) is 44.2 Å². The number of carbonyl (C=O) groups is 2. The molecule has 0 aliphatic carbocycles. The van der Waals surface area contributed by atoms with Crippen molar-refractivity contribution in [1.82, 2.24) is 4.57 Å². The maximum absolute atomic E-state index is 12.1. The Morgan fingerprint density at radius 3 is 2.15 bits per heavy atom. The van der Waals surface area contributed by atoms with Gasteiger partial charge in [-0.15, -0.1) is 0 Å². The Hall–Kier alpha value is -2.56. The fraction of sp³-hybridized carbons (Fsp3) is 0.238. The van der Waals surface area contributed by atoms with Gasteiger partial charge in [-0.25, -0.2) is 0 Å². The molecule has 0 saturated carbocycles. The number of aryl methyl sites for hydroxylation is 1. The molecule has 0 aliphatic heterocycles. The predicted molar refractivity (Wildman–Crippen MR) is 107 cm³/mol. The summed E-state index contributed by atoms with van der Waals surface area (Å²) in [6.45, 7) is 4.34. The van der Waals surface area contributed by atoms with E-state index < -0.39 is 0 Å². The molecule has 0 unspecified atom stereocenters. The van der Waals surface area contributed by atoms with Crippen LogP contribution in [-0.2, 0) is 16.5 Å². The summed E-state index contributed by atoms with van der Waals surface area (Å²) in [6.07, 6.45) is 0. The molecule has 0 saturated heterocycles. The zero-order chi connectivity index (χ0) is 19.1. The first-order chi connectivity index (χ1) is 13.0. The number of hydrogen-bond acceptors (Lipinski definition) is 4. The van der Waals surface area contributed by atoms with E-state index in [1.54, 1.807) is 6.92 Å². The number of hydrogen-bond donors (Lipinski definition) is 0. The van der Waals surface area contributed by atoms with Crippen molar-refractivity contribution in [3.8, 4) is 0 Å². The number of ether oxygens (including phenoxy) is 2. The third-order valence-electron chi connectivity index (χ3n) is 4.63. The number of fused-ring (bicyclic) bond motifs is 5. The van der Waals surface area contributed by atoms with Gasteiger partial charge in [0.1, 0.15) is 0 Å². The second kappa shape index (κ2) is 6.87. The van der Waals surface area contributed by atoms with Gasteiger partial charge in [-0.05, 0) is 0 Å². The van der Waals surface area contributed by atoms with E-state index in [9.17, 15) is 9.59 Å². The molecule has 2 aromatic heterocycles. The van der Waals surface area contributed by atoms with Crippen LogP contribution in [0.1, 0.15) is 34.6 Å². The van der Waals surface area contributed by atoms with Gasteiger partial charge in [-0.3, -0.25) is 0 Å². The molecule has 0 fully saturated rings. The third kappa shape index (κ3) is 2.85. The van der Waals surface area contributed by atoms with Crippen LogP contribution in [0.15, 0.2) is 36.4 Å². The van der Waals surface area contributed by atoms with Gasteiger partial charge in [0.15, 0.2) is 0 Å². The first-order valence-electron chi connectivity index (χ1n) is 8.84. The molecule has 4 rings (SSSR count). The van der Waals surface area contributed by atoms with Crippen molar-refractivity contribution in [3.63, 3.8) is 0 Å². The van der Waals surface area contributed by atoms with E-state index in [4.69, 9.17) is 9.47 Å². The van der Waals surface area contributed by atoms with Crippen molar-refractivity contribution in [2.75, 3.05) is 13.2 Å². The first-order valence-corrected chi connectivity index (χ1v) is 10.5. The molecule has 0 radical (unpaired) electrons. The Morgan fingerprint density at radius 2 is 1.52 bits per heavy atom. The van der Waals surface area contributed by atoms with E-state index in [0.717, 1.165) is 21.8 Å². The summed E-state index contributed by atoms with van der Waals surface area (Å²) in [4.78, 5) is 24.1. The fourth-order valence-electron chi connectivity index (χ4n) is 3.40. The molecule has 138 valence electrons. The van der Waals surface area contributed by atoms with Gasteiger partial charge < -0.3 is 0 Å². The molecular formula is C21H19NO4Se. The normalized spacial score (nSPS) is 11.4. The van der Waals surface area contributed by atoms with Crippen molar-refractivity contribution in [2.24, 2.45) is 7.05 Å². The van der Waals surface area contributed by atoms with Gasteiger partial charge >= 0.3 is 162 Å². The molecular weight excluding hydrogens is 409 g/mol. The number of esters is 2. The summed E-state index contributed by atoms with van der Waals surface area (Å²) in [7, 11) is 2.01. The zero-order valence-electron chi connectivity index (χ0n) is 15.4. The standard InChI is InChI=1S/C21H19NO4Se/c1-4-25-20(23)12-6-8-14-16(10-12)22(3)18-15-9-7-13(21(24)26-5-2)11-17(15)27-19(14)18/h6-11H,4-5H2,1-3H3. The van der Waals surface area contributed by atoms with Crippen molar-refractivity contribution in [3.05, 3.63) is 47.5 Å². The van der Waals surface area contributed by atoms with Gasteiger partial charge in [0.05, 0.1) is 0 Å². The molecule has 27 heavy (non-hydrogen) atoms. The van der Waals surface area contributed by atoms with Gasteiger partial charge in [0, 0.05) is 0 Å². The Kier molecular flexibility index (Phi) is 4.54. The van der Waals surface area contributed by atoms with Crippen molar-refractivity contribution in [2.45, 2.75) is 13.8 Å². The van der Waals surface area contributed by atoms with Gasteiger partial charge in [0.25, 0.3) is 0 Å². The Balaban J connectivity index is 1.90. The van der Waals surface area contributed by atoms with Crippen molar-refractivity contribution >= 4 is 56.8 Å². The Labute approximate surface area is 162 Å². The molecule has 0 atom stereocenters. The molecule has 2 aromatic carbocycles. The van der Waals surface area contributed by atoms with Crippen LogP contribution >= 0.6 is 0 Å². The fourth-order valence-corrected chi connectivity index (χ4v) is 6.14. The summed E-state index contributed by atoms with van der Waals surface area (Å²) >= 11 is 0.0954. The van der Waals surface area contributed by atoms with Crippen LogP contribution in [0.5, 0.6) is 0 Å². The van der Waals surface area contributed by atoms with Crippen LogP contribution in [0.3, 0.4) is 0 Å². The van der Waals surface area contributed by atoms with Crippen molar-refractivity contribution < 1.29 is 19.1 Å². The van der Waals surface area contributed by atoms with Crippen LogP contribution in [0.2, 0.25) is 0 Å². The SMILES string of the molecule is CCOC(=O)c1ccc2c(c1)[se]c1c3ccc(C(=O)OCC)cc3n(C)c21. The summed E-state index contributed by atoms with van der Waals surface area (Å²) < 4.78 is 14.8. The number of nitrogens with zero attached hydrogens (tertiary/aromatic N) is 1. The van der Waals surface area contributed by atoms with E-state index in [-0.39, 0.29) is 26.4 Å². The van der Waals surface area contributed by atoms with Crippen LogP contribution in [0, 0.1) is 0 Å². The summed E-state index contributed by atoms with van der Waals surface area (Å²) in [5.74, 6) is -0.582. The second-order valence-electron chi connectivity index (χ2n) is 6.22. The summed E-state index contributed by atoms with van der Waals surface area (Å²) in [6, 6.07) is 11.5. The van der Waals surface area contributed by atoms with Crippen LogP contribution < -0.4 is 0 Å². The summed E-state index contributed by atoms with van der Waals surface area (Å²) in [5, 5.41) is 2.30. The van der Waals surface area contributed by atoms with E-state index in [0.29, 0.717) is 24.3 Å². The topological polar surface area (TPSA) is 57.5 Å². The molecule has 4 aromatic rings. The van der Waals surface area contributed by atoms with Gasteiger partial charge in [-0.2, -0.15) is 0 Å². The average Bonchev–Trinajstić information content (AvgIpc) is 3.17. The minimum atomic E-state index is -0.300. The number of aromatic nitrogens is 1. The van der Waals surface area contributed by atoms with E-state index in [2.05, 4.69) is 4.57 Å². The molecule has 0 bridgehead atoms.